The predicted molar refractivity (Wildman–Crippen MR) is 214 cm³/mol. The Morgan fingerprint density at radius 2 is 1.77 bits per heavy atom. The van der Waals surface area contributed by atoms with Gasteiger partial charge in [-0.3, -0.25) is 19.1 Å². The van der Waals surface area contributed by atoms with Gasteiger partial charge in [0.2, 0.25) is 34.1 Å². The van der Waals surface area contributed by atoms with Crippen molar-refractivity contribution in [1.82, 2.24) is 30.2 Å². The summed E-state index contributed by atoms with van der Waals surface area (Å²) in [5, 5.41) is 5.27. The number of benzene rings is 1. The summed E-state index contributed by atoms with van der Waals surface area (Å²) in [7, 11) is -2.82. The van der Waals surface area contributed by atoms with E-state index in [2.05, 4.69) is 20.6 Å². The average Bonchev–Trinajstić information content (AvgIpc) is 4.15. The van der Waals surface area contributed by atoms with E-state index < -0.39 is 123 Å². The molecule has 4 aliphatic carbocycles. The number of alkyl halides is 4. The van der Waals surface area contributed by atoms with Crippen molar-refractivity contribution in [3.8, 4) is 11.6 Å². The van der Waals surface area contributed by atoms with Gasteiger partial charge in [-0.2, -0.15) is 8.78 Å². The maximum atomic E-state index is 16.4. The third kappa shape index (κ3) is 8.47. The number of nitrogens with one attached hydrogen (secondary N) is 3. The van der Waals surface area contributed by atoms with Crippen molar-refractivity contribution in [2.24, 2.45) is 29.1 Å². The Kier molecular flexibility index (Phi) is 11.1. The molecule has 2 aromatic rings. The first-order chi connectivity index (χ1) is 29.0. The number of alkyl carbamates (subject to hydrolysis) is 1. The van der Waals surface area contributed by atoms with Gasteiger partial charge in [0, 0.05) is 25.3 Å². The zero-order valence-electron chi connectivity index (χ0n) is 35.3. The Hall–Kier alpha value is -4.49. The first kappa shape index (κ1) is 44.1. The third-order valence-electron chi connectivity index (χ3n) is 13.9. The molecule has 2 aliphatic heterocycles. The number of hydrogen-bond donors (Lipinski definition) is 3. The van der Waals surface area contributed by atoms with Crippen LogP contribution in [0.15, 0.2) is 18.2 Å². The minimum Gasteiger partial charge on any atom is -0.497 e. The molecule has 1 aromatic heterocycles. The summed E-state index contributed by atoms with van der Waals surface area (Å²) in [4.78, 5) is 66.6. The van der Waals surface area contributed by atoms with E-state index in [9.17, 15) is 36.4 Å². The van der Waals surface area contributed by atoms with Gasteiger partial charge in [0.1, 0.15) is 35.6 Å². The number of nitrogens with zero attached hydrogens (tertiary/aromatic N) is 3. The maximum Gasteiger partial charge on any atom is 0.408 e. The highest BCUT2D eigenvalue weighted by atomic mass is 32.2. The van der Waals surface area contributed by atoms with Crippen molar-refractivity contribution >= 4 is 44.9 Å². The van der Waals surface area contributed by atoms with Crippen LogP contribution in [0, 0.1) is 29.1 Å². The van der Waals surface area contributed by atoms with E-state index in [1.54, 1.807) is 26.8 Å². The largest absolute Gasteiger partial charge is 0.497 e. The third-order valence-corrected chi connectivity index (χ3v) is 16.1. The fraction of sp³-hybridized carbons (Fsp3) is 0.714. The number of hydrogen-bond acceptors (Lipinski definition) is 11. The molecule has 4 amide bonds. The van der Waals surface area contributed by atoms with Gasteiger partial charge in [0.05, 0.1) is 29.4 Å². The molecule has 5 fully saturated rings. The highest BCUT2D eigenvalue weighted by molar-refractivity contribution is 7.91. The van der Waals surface area contributed by atoms with E-state index in [0.717, 1.165) is 11.3 Å². The second-order valence-electron chi connectivity index (χ2n) is 19.5. The first-order valence-electron chi connectivity index (χ1n) is 21.4. The van der Waals surface area contributed by atoms with Gasteiger partial charge in [-0.15, -0.1) is 0 Å². The average molecular weight is 895 g/mol. The van der Waals surface area contributed by atoms with Crippen LogP contribution in [-0.4, -0.2) is 102 Å². The van der Waals surface area contributed by atoms with Gasteiger partial charge in [0.25, 0.3) is 11.8 Å². The molecule has 0 spiro atoms. The first-order valence-corrected chi connectivity index (χ1v) is 22.9. The Balaban J connectivity index is 1.16. The predicted octanol–water partition coefficient (Wildman–Crippen LogP) is 5.35. The number of amides is 4. The molecule has 6 aliphatic rings. The number of fused-ring (bicyclic) bond motifs is 7. The fourth-order valence-corrected chi connectivity index (χ4v) is 11.0. The van der Waals surface area contributed by atoms with Crippen molar-refractivity contribution in [3.63, 3.8) is 0 Å². The van der Waals surface area contributed by atoms with Crippen molar-refractivity contribution in [2.45, 2.75) is 145 Å². The van der Waals surface area contributed by atoms with Crippen LogP contribution in [0.1, 0.15) is 104 Å². The number of halogens is 4. The van der Waals surface area contributed by atoms with Crippen LogP contribution in [0.5, 0.6) is 11.6 Å². The molecule has 15 nitrogen and oxygen atoms in total. The van der Waals surface area contributed by atoms with Crippen molar-refractivity contribution in [3.05, 3.63) is 23.9 Å². The van der Waals surface area contributed by atoms with Crippen LogP contribution in [0.3, 0.4) is 0 Å². The monoisotopic (exact) mass is 894 g/mol. The van der Waals surface area contributed by atoms with Gasteiger partial charge in [-0.1, -0.05) is 27.2 Å². The Bertz CT molecular complexity index is 2260. The number of carbonyl (C=O) groups is 4. The van der Waals surface area contributed by atoms with Crippen LogP contribution >= 0.6 is 0 Å². The van der Waals surface area contributed by atoms with Gasteiger partial charge < -0.3 is 29.7 Å². The fourth-order valence-electron chi connectivity index (χ4n) is 9.70. The Morgan fingerprint density at radius 1 is 1.03 bits per heavy atom. The van der Waals surface area contributed by atoms with Crippen molar-refractivity contribution in [2.75, 3.05) is 13.7 Å². The number of rotatable bonds is 8. The normalized spacial score (nSPS) is 32.8. The minimum atomic E-state index is -4.25. The minimum absolute atomic E-state index is 0.0493. The maximum absolute atomic E-state index is 16.4. The summed E-state index contributed by atoms with van der Waals surface area (Å²) in [6.07, 6.45) is -4.29. The Morgan fingerprint density at radius 3 is 2.45 bits per heavy atom. The molecule has 4 saturated carbocycles. The molecule has 9 atom stereocenters. The highest BCUT2D eigenvalue weighted by Crippen LogP contribution is 2.58. The summed E-state index contributed by atoms with van der Waals surface area (Å²) in [5.41, 5.74) is -3.47. The number of sulfonamides is 1. The molecule has 340 valence electrons. The van der Waals surface area contributed by atoms with Crippen LogP contribution < -0.4 is 24.8 Å². The second kappa shape index (κ2) is 15.6. The van der Waals surface area contributed by atoms with E-state index >= 15 is 8.78 Å². The lowest BCUT2D eigenvalue weighted by Gasteiger charge is -2.36. The lowest BCUT2D eigenvalue weighted by Crippen LogP contribution is -2.60. The van der Waals surface area contributed by atoms with E-state index in [-0.39, 0.29) is 49.1 Å². The molecule has 3 N–H and O–H groups in total. The molecule has 62 heavy (non-hydrogen) atoms. The summed E-state index contributed by atoms with van der Waals surface area (Å²) >= 11 is 0. The number of carbonyl (C=O) groups excluding carboxylic acids is 4. The summed E-state index contributed by atoms with van der Waals surface area (Å²) in [5.74, 6) is -7.19. The van der Waals surface area contributed by atoms with Gasteiger partial charge >= 0.3 is 6.09 Å². The van der Waals surface area contributed by atoms with Gasteiger partial charge in [-0.05, 0) is 93.1 Å². The van der Waals surface area contributed by atoms with Crippen LogP contribution in [0.2, 0.25) is 0 Å². The van der Waals surface area contributed by atoms with E-state index in [4.69, 9.17) is 14.2 Å². The molecule has 8 rings (SSSR count). The quantitative estimate of drug-likeness (QED) is 0.290. The van der Waals surface area contributed by atoms with E-state index in [0.29, 0.717) is 36.8 Å². The van der Waals surface area contributed by atoms with Gasteiger partial charge in [-0.25, -0.2) is 32.0 Å². The zero-order chi connectivity index (χ0) is 44.7. The van der Waals surface area contributed by atoms with Crippen molar-refractivity contribution < 1.29 is 59.4 Å². The molecule has 1 unspecified atom stereocenters. The lowest BCUT2D eigenvalue weighted by atomic mass is 9.85. The molecule has 3 heterocycles. The zero-order valence-corrected chi connectivity index (χ0v) is 36.2. The van der Waals surface area contributed by atoms with Crippen molar-refractivity contribution in [1.29, 1.82) is 0 Å². The van der Waals surface area contributed by atoms with Crippen LogP contribution in [0.25, 0.3) is 11.0 Å². The van der Waals surface area contributed by atoms with Gasteiger partial charge in [0.15, 0.2) is 5.69 Å². The molecular formula is C42H54F4N6O9S. The molecule has 0 radical (unpaired) electrons. The summed E-state index contributed by atoms with van der Waals surface area (Å²) in [6, 6.07) is 1.73. The van der Waals surface area contributed by atoms with Crippen LogP contribution in [0.4, 0.5) is 22.4 Å². The smallest absolute Gasteiger partial charge is 0.408 e. The Labute approximate surface area is 357 Å². The molecule has 2 bridgehead atoms. The van der Waals surface area contributed by atoms with E-state index in [1.165, 1.54) is 26.2 Å². The second-order valence-corrected chi connectivity index (χ2v) is 21.7. The topological polar surface area (TPSA) is 195 Å². The molecule has 1 aromatic carbocycles. The molecular weight excluding hydrogens is 841 g/mol. The number of aromatic nitrogens is 2. The summed E-state index contributed by atoms with van der Waals surface area (Å²) in [6.45, 7) is 6.13. The number of ether oxygens (including phenoxy) is 3. The van der Waals surface area contributed by atoms with E-state index in [1.807, 2.05) is 4.72 Å². The standard InChI is InChI=1S/C42H54F4N6O9S/c1-39(2,3)33-36(54)52-20-24(18-29(52)34(53)50-41(19-22(41)16-31(43)44)37(55)51-62(57,58)40(4)12-13-40)60-35-32(47-27-10-9-23(59-5)17-28(27)48-35)42(45,46)11-7-6-8-25-26-14-21(26)15-30(25)61-38(56)49-33/h9-10,17,21-22,24-26,29-31,33H,6-8,11-16,18-20H2,1-5H3,(H,49,56)(H,50,53)(H,51,55)/t21-,22+,24+,25+,26?,29-,30+,33+,41+/m0/s1. The van der Waals surface area contributed by atoms with Crippen LogP contribution in [-0.2, 0) is 35.1 Å². The number of methoxy groups -OCH3 is 1. The SMILES string of the molecule is COc1ccc2nc3c(nc2c1)O[C@@H]1C[C@@H](C(=O)N[C@]2(C(=O)NS(=O)(=O)C4(C)CC4)C[C@H]2CC(F)F)N(C1)C(=O)[C@H](C(C)(C)C)NC(=O)O[C@@H]1C[C@@H]2CC2[C@H]1CCCCC3(F)F. The highest BCUT2D eigenvalue weighted by Gasteiger charge is 2.64. The molecule has 1 saturated heterocycles. The lowest BCUT2D eigenvalue weighted by molar-refractivity contribution is -0.143. The molecule has 20 heteroatoms. The summed E-state index contributed by atoms with van der Waals surface area (Å²) < 4.78 is 105.